The fourth-order valence-corrected chi connectivity index (χ4v) is 5.16. The number of aryl methyl sites for hydroxylation is 1. The standard InChI is InChI=1S/C25H24ClFN2O5/c1-14-2-4-17(7-19(14)27)33-11-23(31)28-16-9-25(10-16)12-29(13-25)24(32)22-8-20(30)18-6-15(26)3-5-21(18)34-22/h2-7,16,22H,8-13H2,1H3,(H,28,31). The quantitative estimate of drug-likeness (QED) is 0.701. The second kappa shape index (κ2) is 8.58. The van der Waals surface area contributed by atoms with Gasteiger partial charge in [-0.25, -0.2) is 4.39 Å². The van der Waals surface area contributed by atoms with Crippen LogP contribution in [0.4, 0.5) is 4.39 Å². The molecule has 0 radical (unpaired) electrons. The van der Waals surface area contributed by atoms with Crippen molar-refractivity contribution in [3.05, 3.63) is 58.4 Å². The maximum Gasteiger partial charge on any atom is 0.264 e. The van der Waals surface area contributed by atoms with Crippen molar-refractivity contribution < 1.29 is 28.2 Å². The molecule has 2 aromatic rings. The lowest BCUT2D eigenvalue weighted by atomic mass is 9.60. The van der Waals surface area contributed by atoms with Crippen LogP contribution in [0.3, 0.4) is 0 Å². The number of amides is 2. The highest BCUT2D eigenvalue weighted by molar-refractivity contribution is 6.31. The summed E-state index contributed by atoms with van der Waals surface area (Å²) in [6, 6.07) is 9.32. The number of Topliss-reactive ketones (excluding diaryl/α,β-unsaturated/α-hetero) is 1. The minimum atomic E-state index is -0.821. The largest absolute Gasteiger partial charge is 0.484 e. The number of fused-ring (bicyclic) bond motifs is 1. The Bertz CT molecular complexity index is 1170. The van der Waals surface area contributed by atoms with Gasteiger partial charge >= 0.3 is 0 Å². The van der Waals surface area contributed by atoms with E-state index < -0.39 is 6.10 Å². The van der Waals surface area contributed by atoms with Crippen LogP contribution in [-0.4, -0.2) is 54.3 Å². The van der Waals surface area contributed by atoms with E-state index in [9.17, 15) is 18.8 Å². The highest BCUT2D eigenvalue weighted by atomic mass is 35.5. The molecule has 7 nitrogen and oxygen atoms in total. The van der Waals surface area contributed by atoms with Gasteiger partial charge in [-0.05, 0) is 49.6 Å². The second-order valence-electron chi connectivity index (χ2n) is 9.44. The molecule has 5 rings (SSSR count). The number of ether oxygens (including phenoxy) is 2. The smallest absolute Gasteiger partial charge is 0.264 e. The van der Waals surface area contributed by atoms with E-state index in [1.165, 1.54) is 6.07 Å². The Hall–Kier alpha value is -3.13. The molecule has 2 aliphatic heterocycles. The van der Waals surface area contributed by atoms with Crippen LogP contribution in [0.25, 0.3) is 0 Å². The van der Waals surface area contributed by atoms with Gasteiger partial charge in [-0.2, -0.15) is 0 Å². The number of hydrogen-bond donors (Lipinski definition) is 1. The average molecular weight is 487 g/mol. The molecule has 2 aromatic carbocycles. The maximum absolute atomic E-state index is 13.6. The van der Waals surface area contributed by atoms with E-state index in [-0.39, 0.29) is 47.9 Å². The predicted molar refractivity (Wildman–Crippen MR) is 122 cm³/mol. The number of nitrogens with zero attached hydrogens (tertiary/aromatic N) is 1. The summed E-state index contributed by atoms with van der Waals surface area (Å²) in [6.45, 7) is 2.64. The van der Waals surface area contributed by atoms with Crippen LogP contribution in [0, 0.1) is 18.2 Å². The second-order valence-corrected chi connectivity index (χ2v) is 9.88. The molecule has 9 heteroatoms. The van der Waals surface area contributed by atoms with Gasteiger partial charge in [0.2, 0.25) is 0 Å². The zero-order chi connectivity index (χ0) is 24.0. The Kier molecular flexibility index (Phi) is 5.72. The number of rotatable bonds is 5. The van der Waals surface area contributed by atoms with E-state index in [4.69, 9.17) is 21.1 Å². The molecule has 3 aliphatic rings. The zero-order valence-corrected chi connectivity index (χ0v) is 19.4. The first-order valence-electron chi connectivity index (χ1n) is 11.2. The summed E-state index contributed by atoms with van der Waals surface area (Å²) < 4.78 is 24.7. The molecule has 1 N–H and O–H groups in total. The Morgan fingerprint density at radius 3 is 2.74 bits per heavy atom. The highest BCUT2D eigenvalue weighted by Gasteiger charge is 2.55. The minimum absolute atomic E-state index is 0.000754. The van der Waals surface area contributed by atoms with Crippen LogP contribution < -0.4 is 14.8 Å². The number of carbonyl (C=O) groups excluding carboxylic acids is 3. The Balaban J connectivity index is 1.06. The van der Waals surface area contributed by atoms with Crippen LogP contribution >= 0.6 is 11.6 Å². The lowest BCUT2D eigenvalue weighted by Crippen LogP contribution is -2.69. The van der Waals surface area contributed by atoms with Crippen LogP contribution in [0.1, 0.15) is 35.2 Å². The van der Waals surface area contributed by atoms with Crippen LogP contribution in [0.5, 0.6) is 11.5 Å². The van der Waals surface area contributed by atoms with Crippen molar-refractivity contribution in [1.29, 1.82) is 0 Å². The molecule has 2 fully saturated rings. The molecule has 2 amide bonds. The zero-order valence-electron chi connectivity index (χ0n) is 18.6. The molecule has 34 heavy (non-hydrogen) atoms. The van der Waals surface area contributed by atoms with E-state index >= 15 is 0 Å². The molecule has 2 heterocycles. The van der Waals surface area contributed by atoms with Gasteiger partial charge in [0, 0.05) is 35.6 Å². The summed E-state index contributed by atoms with van der Waals surface area (Å²) in [5, 5.41) is 3.37. The Morgan fingerprint density at radius 2 is 2.00 bits per heavy atom. The topological polar surface area (TPSA) is 84.9 Å². The molecular formula is C25H24ClFN2O5. The van der Waals surface area contributed by atoms with Crippen molar-refractivity contribution in [1.82, 2.24) is 10.2 Å². The van der Waals surface area contributed by atoms with E-state index in [1.807, 2.05) is 0 Å². The number of halogens is 2. The first-order chi connectivity index (χ1) is 16.2. The van der Waals surface area contributed by atoms with Gasteiger partial charge < -0.3 is 19.7 Å². The normalized spacial score (nSPS) is 20.6. The lowest BCUT2D eigenvalue weighted by Gasteiger charge is -2.59. The SMILES string of the molecule is Cc1ccc(OCC(=O)NC2CC3(C2)CN(C(=O)C2CC(=O)c4cc(Cl)ccc4O2)C3)cc1F. The number of likely N-dealkylation sites (tertiary alicyclic amines) is 1. The van der Waals surface area contributed by atoms with E-state index in [0.717, 1.165) is 12.8 Å². The molecular weight excluding hydrogens is 463 g/mol. The van der Waals surface area contributed by atoms with Gasteiger partial charge in [-0.1, -0.05) is 17.7 Å². The molecule has 1 aliphatic carbocycles. The Labute approximate surface area is 201 Å². The van der Waals surface area contributed by atoms with Crippen molar-refractivity contribution in [2.75, 3.05) is 19.7 Å². The average Bonchev–Trinajstić information content (AvgIpc) is 2.75. The number of benzene rings is 2. The first kappa shape index (κ1) is 22.7. The Morgan fingerprint density at radius 1 is 1.24 bits per heavy atom. The van der Waals surface area contributed by atoms with Crippen molar-refractivity contribution >= 4 is 29.2 Å². The molecule has 1 saturated carbocycles. The number of nitrogens with one attached hydrogen (secondary N) is 1. The van der Waals surface area contributed by atoms with E-state index in [2.05, 4.69) is 5.32 Å². The van der Waals surface area contributed by atoms with Crippen LogP contribution in [-0.2, 0) is 9.59 Å². The fraction of sp³-hybridized carbons (Fsp3) is 0.400. The van der Waals surface area contributed by atoms with Crippen molar-refractivity contribution in [3.63, 3.8) is 0 Å². The molecule has 0 bridgehead atoms. The lowest BCUT2D eigenvalue weighted by molar-refractivity contribution is -0.160. The summed E-state index contributed by atoms with van der Waals surface area (Å²) in [4.78, 5) is 39.2. The van der Waals surface area contributed by atoms with Gasteiger partial charge in [0.1, 0.15) is 17.3 Å². The van der Waals surface area contributed by atoms with Gasteiger partial charge in [-0.15, -0.1) is 0 Å². The van der Waals surface area contributed by atoms with Gasteiger partial charge in [-0.3, -0.25) is 14.4 Å². The van der Waals surface area contributed by atoms with Crippen LogP contribution in [0.2, 0.25) is 5.02 Å². The first-order valence-corrected chi connectivity index (χ1v) is 11.6. The van der Waals surface area contributed by atoms with Crippen molar-refractivity contribution in [2.45, 2.75) is 38.3 Å². The van der Waals surface area contributed by atoms with Crippen LogP contribution in [0.15, 0.2) is 36.4 Å². The third-order valence-corrected chi connectivity index (χ3v) is 6.99. The number of ketones is 1. The van der Waals surface area contributed by atoms with Gasteiger partial charge in [0.15, 0.2) is 18.5 Å². The fourth-order valence-electron chi connectivity index (χ4n) is 4.98. The third-order valence-electron chi connectivity index (χ3n) is 6.76. The molecule has 178 valence electrons. The number of carbonyl (C=O) groups is 3. The summed E-state index contributed by atoms with van der Waals surface area (Å²) in [7, 11) is 0. The maximum atomic E-state index is 13.6. The van der Waals surface area contributed by atoms with Gasteiger partial charge in [0.25, 0.3) is 11.8 Å². The summed E-state index contributed by atoms with van der Waals surface area (Å²) >= 11 is 5.95. The van der Waals surface area contributed by atoms with E-state index in [0.29, 0.717) is 40.7 Å². The predicted octanol–water partition coefficient (Wildman–Crippen LogP) is 3.31. The molecule has 0 aromatic heterocycles. The van der Waals surface area contributed by atoms with Gasteiger partial charge in [0.05, 0.1) is 12.0 Å². The number of hydrogen-bond acceptors (Lipinski definition) is 5. The summed E-state index contributed by atoms with van der Waals surface area (Å²) in [5.74, 6) is -0.285. The van der Waals surface area contributed by atoms with E-state index in [1.54, 1.807) is 42.2 Å². The third kappa shape index (κ3) is 4.34. The monoisotopic (exact) mass is 486 g/mol. The molecule has 1 atom stereocenters. The highest BCUT2D eigenvalue weighted by Crippen LogP contribution is 2.48. The van der Waals surface area contributed by atoms with Crippen molar-refractivity contribution in [2.24, 2.45) is 5.41 Å². The summed E-state index contributed by atoms with van der Waals surface area (Å²) in [6.07, 6.45) is 0.720. The molecule has 1 saturated heterocycles. The molecule has 1 spiro atoms. The summed E-state index contributed by atoms with van der Waals surface area (Å²) in [5.41, 5.74) is 0.922. The molecule has 1 unspecified atom stereocenters. The minimum Gasteiger partial charge on any atom is -0.484 e. The van der Waals surface area contributed by atoms with Crippen molar-refractivity contribution in [3.8, 4) is 11.5 Å².